The van der Waals surface area contributed by atoms with Gasteiger partial charge in [0.1, 0.15) is 11.5 Å². The number of nitrogens with zero attached hydrogens (tertiary/aromatic N) is 2. The quantitative estimate of drug-likeness (QED) is 0.574. The number of hydrogen-bond acceptors (Lipinski definition) is 3. The summed E-state index contributed by atoms with van der Waals surface area (Å²) in [5.74, 6) is 0.700. The normalized spacial score (nSPS) is 14.4. The van der Waals surface area contributed by atoms with Crippen molar-refractivity contribution in [2.45, 2.75) is 19.4 Å². The fourth-order valence-electron chi connectivity index (χ4n) is 1.53. The van der Waals surface area contributed by atoms with Crippen LogP contribution in [-0.2, 0) is 17.7 Å². The van der Waals surface area contributed by atoms with Gasteiger partial charge < -0.3 is 9.30 Å². The van der Waals surface area contributed by atoms with Gasteiger partial charge in [-0.2, -0.15) is 0 Å². The molecule has 1 aliphatic rings. The second-order valence-corrected chi connectivity index (χ2v) is 2.81. The number of carbonyl (C=O) groups is 1. The highest BCUT2D eigenvalue weighted by Crippen LogP contribution is 2.16. The van der Waals surface area contributed by atoms with Crippen LogP contribution in [0.5, 0.6) is 0 Å². The van der Waals surface area contributed by atoms with E-state index in [2.05, 4.69) is 9.72 Å². The van der Waals surface area contributed by atoms with Crippen molar-refractivity contribution in [3.63, 3.8) is 0 Å². The zero-order chi connectivity index (χ0) is 8.55. The predicted molar refractivity (Wildman–Crippen MR) is 41.9 cm³/mol. The van der Waals surface area contributed by atoms with Gasteiger partial charge in [-0.05, 0) is 6.42 Å². The van der Waals surface area contributed by atoms with E-state index in [0.717, 1.165) is 25.2 Å². The molecule has 0 atom stereocenters. The molecule has 4 nitrogen and oxygen atoms in total. The predicted octanol–water partition coefficient (Wildman–Crippen LogP) is 0.616. The highest BCUT2D eigenvalue weighted by atomic mass is 16.5. The molecule has 0 unspecified atom stereocenters. The Morgan fingerprint density at radius 1 is 1.75 bits per heavy atom. The third-order valence-corrected chi connectivity index (χ3v) is 2.11. The van der Waals surface area contributed by atoms with Gasteiger partial charge in [-0.25, -0.2) is 9.78 Å². The first-order chi connectivity index (χ1) is 5.83. The van der Waals surface area contributed by atoms with Crippen molar-refractivity contribution in [3.05, 3.63) is 17.7 Å². The second kappa shape index (κ2) is 2.62. The number of aromatic nitrogens is 2. The van der Waals surface area contributed by atoms with Crippen molar-refractivity contribution in [2.24, 2.45) is 0 Å². The van der Waals surface area contributed by atoms with E-state index in [4.69, 9.17) is 0 Å². The molecule has 0 saturated heterocycles. The van der Waals surface area contributed by atoms with E-state index in [1.54, 1.807) is 6.20 Å². The summed E-state index contributed by atoms with van der Waals surface area (Å²) in [5.41, 5.74) is 0.574. The first kappa shape index (κ1) is 7.34. The molecule has 0 bridgehead atoms. The number of imidazole rings is 1. The molecule has 0 spiro atoms. The molecule has 0 saturated carbocycles. The first-order valence-corrected chi connectivity index (χ1v) is 3.95. The molecule has 0 radical (unpaired) electrons. The molecule has 0 N–H and O–H groups in total. The van der Waals surface area contributed by atoms with E-state index in [9.17, 15) is 4.79 Å². The fraction of sp³-hybridized carbons (Fsp3) is 0.500. The van der Waals surface area contributed by atoms with Gasteiger partial charge in [-0.1, -0.05) is 0 Å². The number of methoxy groups -OCH3 is 1. The first-order valence-electron chi connectivity index (χ1n) is 3.95. The molecule has 64 valence electrons. The maximum atomic E-state index is 11.2. The van der Waals surface area contributed by atoms with E-state index in [-0.39, 0.29) is 5.97 Å². The Balaban J connectivity index is 2.39. The molecular formula is C8H10N2O2. The molecule has 4 heteroatoms. The SMILES string of the molecule is COC(=O)c1cnc2n1CCC2. The summed E-state index contributed by atoms with van der Waals surface area (Å²) in [6, 6.07) is 0. The van der Waals surface area contributed by atoms with Crippen molar-refractivity contribution < 1.29 is 9.53 Å². The Hall–Kier alpha value is -1.32. The minimum Gasteiger partial charge on any atom is -0.464 e. The Morgan fingerprint density at radius 3 is 3.33 bits per heavy atom. The van der Waals surface area contributed by atoms with Gasteiger partial charge in [0.05, 0.1) is 13.3 Å². The van der Waals surface area contributed by atoms with E-state index >= 15 is 0 Å². The summed E-state index contributed by atoms with van der Waals surface area (Å²) in [6.45, 7) is 0.889. The summed E-state index contributed by atoms with van der Waals surface area (Å²) in [6.07, 6.45) is 3.63. The van der Waals surface area contributed by atoms with E-state index in [1.807, 2.05) is 4.57 Å². The zero-order valence-corrected chi connectivity index (χ0v) is 6.91. The largest absolute Gasteiger partial charge is 0.464 e. The van der Waals surface area contributed by atoms with Gasteiger partial charge in [0.25, 0.3) is 0 Å². The van der Waals surface area contributed by atoms with E-state index in [0.29, 0.717) is 5.69 Å². The minimum atomic E-state index is -0.296. The smallest absolute Gasteiger partial charge is 0.356 e. The van der Waals surface area contributed by atoms with Crippen LogP contribution in [0.4, 0.5) is 0 Å². The molecule has 1 aromatic heterocycles. The standard InChI is InChI=1S/C8H10N2O2/c1-12-8(11)6-5-9-7-3-2-4-10(6)7/h5H,2-4H2,1H3. The lowest BCUT2D eigenvalue weighted by Gasteiger charge is -2.00. The highest BCUT2D eigenvalue weighted by Gasteiger charge is 2.20. The Labute approximate surface area is 70.2 Å². The Bertz CT molecular complexity index is 317. The molecule has 0 fully saturated rings. The van der Waals surface area contributed by atoms with Crippen LogP contribution in [0.2, 0.25) is 0 Å². The number of fused-ring (bicyclic) bond motifs is 1. The summed E-state index contributed by atoms with van der Waals surface area (Å²) in [4.78, 5) is 15.3. The Morgan fingerprint density at radius 2 is 2.58 bits per heavy atom. The highest BCUT2D eigenvalue weighted by molar-refractivity contribution is 5.87. The number of carbonyl (C=O) groups excluding carboxylic acids is 1. The lowest BCUT2D eigenvalue weighted by molar-refractivity contribution is 0.0588. The molecular weight excluding hydrogens is 156 g/mol. The lowest BCUT2D eigenvalue weighted by Crippen LogP contribution is -2.08. The average molecular weight is 166 g/mol. The van der Waals surface area contributed by atoms with Crippen LogP contribution in [0, 0.1) is 0 Å². The minimum absolute atomic E-state index is 0.296. The van der Waals surface area contributed by atoms with Crippen LogP contribution in [0.1, 0.15) is 22.7 Å². The van der Waals surface area contributed by atoms with Gasteiger partial charge in [-0.3, -0.25) is 0 Å². The maximum Gasteiger partial charge on any atom is 0.356 e. The maximum absolute atomic E-state index is 11.2. The van der Waals surface area contributed by atoms with Crippen LogP contribution in [-0.4, -0.2) is 22.6 Å². The van der Waals surface area contributed by atoms with E-state index in [1.165, 1.54) is 7.11 Å². The summed E-state index contributed by atoms with van der Waals surface area (Å²) < 4.78 is 6.54. The monoisotopic (exact) mass is 166 g/mol. The second-order valence-electron chi connectivity index (χ2n) is 2.81. The topological polar surface area (TPSA) is 44.1 Å². The molecule has 0 aromatic carbocycles. The average Bonchev–Trinajstić information content (AvgIpc) is 2.62. The van der Waals surface area contributed by atoms with E-state index < -0.39 is 0 Å². The van der Waals surface area contributed by atoms with Gasteiger partial charge in [0, 0.05) is 13.0 Å². The number of aryl methyl sites for hydroxylation is 1. The Kier molecular flexibility index (Phi) is 1.60. The number of esters is 1. The van der Waals surface area contributed by atoms with Gasteiger partial charge >= 0.3 is 5.97 Å². The number of rotatable bonds is 1. The summed E-state index contributed by atoms with van der Waals surface area (Å²) >= 11 is 0. The number of hydrogen-bond donors (Lipinski definition) is 0. The van der Waals surface area contributed by atoms with Crippen molar-refractivity contribution in [2.75, 3.05) is 7.11 Å². The van der Waals surface area contributed by atoms with Gasteiger partial charge in [-0.15, -0.1) is 0 Å². The van der Waals surface area contributed by atoms with Gasteiger partial charge in [0.2, 0.25) is 0 Å². The molecule has 0 aliphatic carbocycles. The molecule has 1 aromatic rings. The number of ether oxygens (including phenoxy) is 1. The third-order valence-electron chi connectivity index (χ3n) is 2.11. The van der Waals surface area contributed by atoms with Crippen LogP contribution in [0.3, 0.4) is 0 Å². The molecule has 0 amide bonds. The van der Waals surface area contributed by atoms with Gasteiger partial charge in [0.15, 0.2) is 0 Å². The van der Waals surface area contributed by atoms with Crippen molar-refractivity contribution in [1.82, 2.24) is 9.55 Å². The molecule has 12 heavy (non-hydrogen) atoms. The van der Waals surface area contributed by atoms with Crippen molar-refractivity contribution >= 4 is 5.97 Å². The van der Waals surface area contributed by atoms with Crippen LogP contribution in [0.25, 0.3) is 0 Å². The molecule has 2 rings (SSSR count). The van der Waals surface area contributed by atoms with Crippen molar-refractivity contribution in [1.29, 1.82) is 0 Å². The van der Waals surface area contributed by atoms with Crippen LogP contribution >= 0.6 is 0 Å². The lowest BCUT2D eigenvalue weighted by atomic mass is 10.4. The van der Waals surface area contributed by atoms with Crippen LogP contribution < -0.4 is 0 Å². The van der Waals surface area contributed by atoms with Crippen LogP contribution in [0.15, 0.2) is 6.20 Å². The molecule has 1 aliphatic heterocycles. The fourth-order valence-corrected chi connectivity index (χ4v) is 1.53. The summed E-state index contributed by atoms with van der Waals surface area (Å²) in [7, 11) is 1.39. The third kappa shape index (κ3) is 0.913. The molecule has 2 heterocycles. The summed E-state index contributed by atoms with van der Waals surface area (Å²) in [5, 5.41) is 0. The zero-order valence-electron chi connectivity index (χ0n) is 6.91. The van der Waals surface area contributed by atoms with Crippen molar-refractivity contribution in [3.8, 4) is 0 Å².